The molecule has 2 aliphatic carbocycles. The summed E-state index contributed by atoms with van der Waals surface area (Å²) in [5, 5.41) is 9.48. The molecule has 7 rings (SSSR count). The van der Waals surface area contributed by atoms with E-state index >= 15 is 0 Å². The number of ether oxygens (including phenoxy) is 2. The average Bonchev–Trinajstić information content (AvgIpc) is 3.79. The molecule has 1 saturated carbocycles. The Labute approximate surface area is 263 Å². The number of imide groups is 1. The Balaban J connectivity index is 1.17. The van der Waals surface area contributed by atoms with Gasteiger partial charge in [-0.1, -0.05) is 43.5 Å². The van der Waals surface area contributed by atoms with Gasteiger partial charge in [0.2, 0.25) is 11.8 Å². The van der Waals surface area contributed by atoms with Gasteiger partial charge in [-0.15, -0.1) is 0 Å². The van der Waals surface area contributed by atoms with Crippen molar-refractivity contribution < 1.29 is 28.6 Å². The Morgan fingerprint density at radius 2 is 1.80 bits per heavy atom. The summed E-state index contributed by atoms with van der Waals surface area (Å²) in [5.74, 6) is 1.08. The molecule has 3 aromatic rings. The van der Waals surface area contributed by atoms with Gasteiger partial charge in [0.1, 0.15) is 30.5 Å². The third-order valence-electron chi connectivity index (χ3n) is 9.96. The molecule has 2 amide bonds. The van der Waals surface area contributed by atoms with Crippen LogP contribution in [-0.2, 0) is 20.9 Å². The number of furan rings is 1. The van der Waals surface area contributed by atoms with Crippen LogP contribution in [0.15, 0.2) is 82.4 Å². The first kappa shape index (κ1) is 29.7. The third-order valence-corrected chi connectivity index (χ3v) is 9.96. The van der Waals surface area contributed by atoms with Crippen LogP contribution < -0.4 is 4.74 Å². The largest absolute Gasteiger partial charge is 0.489 e. The zero-order valence-electron chi connectivity index (χ0n) is 25.5. The zero-order chi connectivity index (χ0) is 30.8. The van der Waals surface area contributed by atoms with E-state index in [0.717, 1.165) is 53.8 Å². The van der Waals surface area contributed by atoms with Crippen molar-refractivity contribution in [2.45, 2.75) is 70.1 Å². The van der Waals surface area contributed by atoms with Gasteiger partial charge in [0, 0.05) is 18.2 Å². The summed E-state index contributed by atoms with van der Waals surface area (Å²) < 4.78 is 18.6. The van der Waals surface area contributed by atoms with Crippen LogP contribution in [0, 0.1) is 17.8 Å². The quantitative estimate of drug-likeness (QED) is 0.216. The molecule has 234 valence electrons. The molecule has 0 unspecified atom stereocenters. The molecule has 45 heavy (non-hydrogen) atoms. The predicted molar refractivity (Wildman–Crippen MR) is 168 cm³/mol. The van der Waals surface area contributed by atoms with Crippen LogP contribution in [0.2, 0.25) is 0 Å². The molecule has 0 spiro atoms. The fourth-order valence-corrected chi connectivity index (χ4v) is 7.86. The molecule has 0 radical (unpaired) electrons. The first-order valence-electron chi connectivity index (χ1n) is 16.3. The summed E-state index contributed by atoms with van der Waals surface area (Å²) in [6, 6.07) is 19.2. The highest BCUT2D eigenvalue weighted by atomic mass is 16.5. The lowest BCUT2D eigenvalue weighted by molar-refractivity contribution is -0.143. The van der Waals surface area contributed by atoms with Gasteiger partial charge in [0.25, 0.3) is 0 Å². The zero-order valence-corrected chi connectivity index (χ0v) is 25.5. The van der Waals surface area contributed by atoms with E-state index in [4.69, 9.17) is 13.9 Å². The molecule has 8 nitrogen and oxygen atoms in total. The highest BCUT2D eigenvalue weighted by molar-refractivity contribution is 6.06. The Kier molecular flexibility index (Phi) is 8.68. The number of benzene rings is 1. The van der Waals surface area contributed by atoms with E-state index in [1.54, 1.807) is 17.2 Å². The predicted octanol–water partition coefficient (Wildman–Crippen LogP) is 6.22. The van der Waals surface area contributed by atoms with E-state index in [0.29, 0.717) is 44.0 Å². The molecule has 1 N–H and O–H groups in total. The van der Waals surface area contributed by atoms with Crippen LogP contribution in [0.4, 0.5) is 0 Å². The first-order valence-corrected chi connectivity index (χ1v) is 16.3. The topological polar surface area (TPSA) is 102 Å². The maximum absolute atomic E-state index is 14.0. The van der Waals surface area contributed by atoms with Crippen molar-refractivity contribution in [2.24, 2.45) is 17.8 Å². The van der Waals surface area contributed by atoms with Gasteiger partial charge in [-0.3, -0.25) is 19.5 Å². The standard InChI is InChI=1S/C37H40N2O6/c40-21-29-16-15-28(45-29)19-24(32-13-7-8-18-38-32)14-17-33-34-25(22-43-27-11-5-2-6-12-27)20-30-35(31(34)23-44-33)37(42)39(36(30)41)26-9-3-1-4-10-26/h2,5-8,11-13,15-16,18-19,26,30-31,33,35,40H,1,3-4,9-10,14,17,20-23H2/b24-19-/t30-,31+,33-,35-/m1/s1. The molecule has 2 saturated heterocycles. The second-order valence-corrected chi connectivity index (χ2v) is 12.6. The molecule has 2 aliphatic heterocycles. The molecule has 8 heteroatoms. The van der Waals surface area contributed by atoms with Gasteiger partial charge in [0.05, 0.1) is 30.2 Å². The number of pyridine rings is 1. The number of rotatable bonds is 10. The monoisotopic (exact) mass is 608 g/mol. The van der Waals surface area contributed by atoms with Crippen LogP contribution in [0.25, 0.3) is 11.6 Å². The van der Waals surface area contributed by atoms with Crippen molar-refractivity contribution >= 4 is 23.5 Å². The second-order valence-electron chi connectivity index (χ2n) is 12.6. The number of aliphatic hydroxyl groups is 1. The van der Waals surface area contributed by atoms with Crippen molar-refractivity contribution in [1.29, 1.82) is 0 Å². The summed E-state index contributed by atoms with van der Waals surface area (Å²) in [6.45, 7) is 0.630. The second kappa shape index (κ2) is 13.2. The van der Waals surface area contributed by atoms with E-state index in [2.05, 4.69) is 4.98 Å². The van der Waals surface area contributed by atoms with Crippen LogP contribution in [-0.4, -0.2) is 52.2 Å². The average molecular weight is 609 g/mol. The first-order chi connectivity index (χ1) is 22.1. The number of nitrogens with zero attached hydrogens (tertiary/aromatic N) is 2. The van der Waals surface area contributed by atoms with Gasteiger partial charge in [-0.05, 0) is 91.3 Å². The van der Waals surface area contributed by atoms with Gasteiger partial charge in [0.15, 0.2) is 0 Å². The van der Waals surface area contributed by atoms with E-state index < -0.39 is 0 Å². The van der Waals surface area contributed by atoms with E-state index in [1.165, 1.54) is 6.42 Å². The summed E-state index contributed by atoms with van der Waals surface area (Å²) >= 11 is 0. The molecule has 4 aliphatic rings. The van der Waals surface area contributed by atoms with Gasteiger partial charge in [-0.2, -0.15) is 0 Å². The summed E-state index contributed by atoms with van der Waals surface area (Å²) in [6.07, 6.45) is 10.5. The Hall–Kier alpha value is -4.01. The molecule has 4 heterocycles. The van der Waals surface area contributed by atoms with Crippen molar-refractivity contribution in [2.75, 3.05) is 13.2 Å². The lowest BCUT2D eigenvalue weighted by Gasteiger charge is -2.32. The summed E-state index contributed by atoms with van der Waals surface area (Å²) in [4.78, 5) is 34.1. The number of likely N-dealkylation sites (tertiary alicyclic amines) is 1. The van der Waals surface area contributed by atoms with Gasteiger partial charge in [-0.25, -0.2) is 0 Å². The lowest BCUT2D eigenvalue weighted by atomic mass is 9.69. The minimum atomic E-state index is -0.370. The van der Waals surface area contributed by atoms with Gasteiger partial charge >= 0.3 is 0 Å². The number of aliphatic hydroxyl groups excluding tert-OH is 1. The number of carbonyl (C=O) groups excluding carboxylic acids is 2. The molecular weight excluding hydrogens is 568 g/mol. The number of allylic oxidation sites excluding steroid dienone is 1. The molecular formula is C37H40N2O6. The number of amides is 2. The molecule has 1 aromatic carbocycles. The number of para-hydroxylation sites is 1. The summed E-state index contributed by atoms with van der Waals surface area (Å²) in [5.41, 5.74) is 4.06. The van der Waals surface area contributed by atoms with Crippen molar-refractivity contribution in [3.05, 3.63) is 95.2 Å². The Morgan fingerprint density at radius 3 is 2.56 bits per heavy atom. The molecule has 0 bridgehead atoms. The normalized spacial score (nSPS) is 25.5. The summed E-state index contributed by atoms with van der Waals surface area (Å²) in [7, 11) is 0. The smallest absolute Gasteiger partial charge is 0.234 e. The van der Waals surface area contributed by atoms with Gasteiger partial charge < -0.3 is 19.0 Å². The maximum Gasteiger partial charge on any atom is 0.234 e. The number of hydrogen-bond acceptors (Lipinski definition) is 7. The van der Waals surface area contributed by atoms with E-state index in [-0.39, 0.29) is 48.3 Å². The fraction of sp³-hybridized carbons (Fsp3) is 0.432. The minimum Gasteiger partial charge on any atom is -0.489 e. The molecule has 3 fully saturated rings. The van der Waals surface area contributed by atoms with Crippen LogP contribution >= 0.6 is 0 Å². The van der Waals surface area contributed by atoms with Crippen molar-refractivity contribution in [1.82, 2.24) is 9.88 Å². The highest BCUT2D eigenvalue weighted by Crippen LogP contribution is 2.51. The Morgan fingerprint density at radius 1 is 0.978 bits per heavy atom. The molecule has 4 atom stereocenters. The maximum atomic E-state index is 14.0. The van der Waals surface area contributed by atoms with E-state index in [9.17, 15) is 14.7 Å². The SMILES string of the molecule is O=C1[C@@H]2[C@@H](CC(COc3ccccc3)=C3[C@@H](CC/C(=C/c4ccc(CO)o4)c4ccccn4)OC[C@@H]32)C(=O)N1C1CCCCC1. The fourth-order valence-electron chi connectivity index (χ4n) is 7.86. The number of carbonyl (C=O) groups is 2. The minimum absolute atomic E-state index is 0.00162. The van der Waals surface area contributed by atoms with E-state index in [1.807, 2.05) is 60.7 Å². The van der Waals surface area contributed by atoms with Crippen molar-refractivity contribution in [3.8, 4) is 5.75 Å². The Bertz CT molecular complexity index is 1570. The number of aromatic nitrogens is 1. The number of hydrogen-bond donors (Lipinski definition) is 1. The van der Waals surface area contributed by atoms with Crippen LogP contribution in [0.3, 0.4) is 0 Å². The number of fused-ring (bicyclic) bond motifs is 3. The van der Waals surface area contributed by atoms with Crippen molar-refractivity contribution in [3.63, 3.8) is 0 Å². The highest BCUT2D eigenvalue weighted by Gasteiger charge is 2.58. The third kappa shape index (κ3) is 6.01. The molecule has 2 aromatic heterocycles. The van der Waals surface area contributed by atoms with Crippen LogP contribution in [0.5, 0.6) is 5.75 Å². The lowest BCUT2D eigenvalue weighted by Crippen LogP contribution is -2.42. The van der Waals surface area contributed by atoms with Crippen LogP contribution in [0.1, 0.15) is 68.6 Å².